The quantitative estimate of drug-likeness (QED) is 0.587. The van der Waals surface area contributed by atoms with Gasteiger partial charge in [0.25, 0.3) is 0 Å². The summed E-state index contributed by atoms with van der Waals surface area (Å²) in [6, 6.07) is 12.7. The van der Waals surface area contributed by atoms with Crippen molar-refractivity contribution in [2.24, 2.45) is 0 Å². The average Bonchev–Trinajstić information content (AvgIpc) is 3.01. The summed E-state index contributed by atoms with van der Waals surface area (Å²) in [4.78, 5) is 8.37. The summed E-state index contributed by atoms with van der Waals surface area (Å²) in [5, 5.41) is 1.20. The molecule has 0 atom stereocenters. The number of rotatable bonds is 3. The first-order valence-electron chi connectivity index (χ1n) is 7.25. The van der Waals surface area contributed by atoms with Gasteiger partial charge in [-0.2, -0.15) is 0 Å². The lowest BCUT2D eigenvalue weighted by molar-refractivity contribution is 0.795. The van der Waals surface area contributed by atoms with E-state index in [-0.39, 0.29) is 0 Å². The van der Waals surface area contributed by atoms with Crippen LogP contribution in [-0.4, -0.2) is 14.4 Å². The molecule has 0 aliphatic rings. The standard InChI is InChI=1S/C17H17N3/c1-2-3-7-12-8-6-11-20-16(12)19-15-13-9-4-5-10-14(13)18-17(15)20/h4-6,8-11,18H,2-3,7H2,1H3. The SMILES string of the molecule is CCCCc1cccn2c1nc1c3ccccc3[nH]c12. The molecule has 0 saturated carbocycles. The highest BCUT2D eigenvalue weighted by Crippen LogP contribution is 2.27. The molecule has 4 aromatic rings. The van der Waals surface area contributed by atoms with E-state index < -0.39 is 0 Å². The van der Waals surface area contributed by atoms with Gasteiger partial charge >= 0.3 is 0 Å². The van der Waals surface area contributed by atoms with E-state index >= 15 is 0 Å². The monoisotopic (exact) mass is 263 g/mol. The zero-order valence-corrected chi connectivity index (χ0v) is 11.6. The van der Waals surface area contributed by atoms with Crippen LogP contribution in [0.2, 0.25) is 0 Å². The molecule has 3 heterocycles. The fourth-order valence-corrected chi connectivity index (χ4v) is 2.92. The molecule has 3 nitrogen and oxygen atoms in total. The molecule has 0 saturated heterocycles. The van der Waals surface area contributed by atoms with Gasteiger partial charge in [-0.15, -0.1) is 0 Å². The highest BCUT2D eigenvalue weighted by Gasteiger charge is 2.12. The second-order valence-corrected chi connectivity index (χ2v) is 5.31. The number of hydrogen-bond donors (Lipinski definition) is 1. The summed E-state index contributed by atoms with van der Waals surface area (Å²) in [6.07, 6.45) is 5.61. The van der Waals surface area contributed by atoms with E-state index in [2.05, 4.69) is 58.9 Å². The van der Waals surface area contributed by atoms with E-state index in [1.165, 1.54) is 23.8 Å². The number of hydrogen-bond acceptors (Lipinski definition) is 1. The third-order valence-electron chi connectivity index (χ3n) is 3.97. The third-order valence-corrected chi connectivity index (χ3v) is 3.97. The van der Waals surface area contributed by atoms with Crippen molar-refractivity contribution in [1.29, 1.82) is 0 Å². The minimum atomic E-state index is 1.07. The number of pyridine rings is 1. The van der Waals surface area contributed by atoms with Gasteiger partial charge < -0.3 is 4.98 Å². The van der Waals surface area contributed by atoms with Crippen LogP contribution in [0, 0.1) is 0 Å². The minimum absolute atomic E-state index is 1.07. The Bertz CT molecular complexity index is 898. The molecule has 100 valence electrons. The molecule has 0 aliphatic heterocycles. The van der Waals surface area contributed by atoms with E-state index in [9.17, 15) is 0 Å². The highest BCUT2D eigenvalue weighted by molar-refractivity contribution is 6.05. The molecule has 0 unspecified atom stereocenters. The van der Waals surface area contributed by atoms with Crippen LogP contribution >= 0.6 is 0 Å². The van der Waals surface area contributed by atoms with Gasteiger partial charge in [0.1, 0.15) is 16.8 Å². The van der Waals surface area contributed by atoms with Crippen molar-refractivity contribution in [3.05, 3.63) is 48.2 Å². The number of imidazole rings is 1. The number of aryl methyl sites for hydroxylation is 1. The van der Waals surface area contributed by atoms with Crippen LogP contribution in [0.5, 0.6) is 0 Å². The molecule has 0 bridgehead atoms. The van der Waals surface area contributed by atoms with Crippen molar-refractivity contribution in [3.63, 3.8) is 0 Å². The van der Waals surface area contributed by atoms with E-state index in [1.54, 1.807) is 0 Å². The average molecular weight is 263 g/mol. The fourth-order valence-electron chi connectivity index (χ4n) is 2.92. The predicted octanol–water partition coefficient (Wildman–Crippen LogP) is 4.31. The second kappa shape index (κ2) is 4.37. The first-order valence-corrected chi connectivity index (χ1v) is 7.25. The van der Waals surface area contributed by atoms with E-state index in [0.717, 1.165) is 28.7 Å². The molecule has 3 aromatic heterocycles. The van der Waals surface area contributed by atoms with Crippen LogP contribution in [0.3, 0.4) is 0 Å². The van der Waals surface area contributed by atoms with Crippen molar-refractivity contribution < 1.29 is 0 Å². The van der Waals surface area contributed by atoms with E-state index in [4.69, 9.17) is 4.98 Å². The van der Waals surface area contributed by atoms with Gasteiger partial charge in [0.2, 0.25) is 0 Å². The Balaban J connectivity index is 2.04. The third kappa shape index (κ3) is 1.56. The smallest absolute Gasteiger partial charge is 0.143 e. The van der Waals surface area contributed by atoms with Crippen LogP contribution in [0.1, 0.15) is 25.3 Å². The van der Waals surface area contributed by atoms with E-state index in [1.807, 2.05) is 0 Å². The topological polar surface area (TPSA) is 33.1 Å². The molecule has 3 heteroatoms. The van der Waals surface area contributed by atoms with Crippen LogP contribution in [0.15, 0.2) is 42.6 Å². The lowest BCUT2D eigenvalue weighted by Gasteiger charge is -2.02. The summed E-state index contributed by atoms with van der Waals surface area (Å²) >= 11 is 0. The molecule has 20 heavy (non-hydrogen) atoms. The summed E-state index contributed by atoms with van der Waals surface area (Å²) < 4.78 is 2.18. The predicted molar refractivity (Wildman–Crippen MR) is 83.2 cm³/mol. The molecule has 0 fully saturated rings. The van der Waals surface area contributed by atoms with Gasteiger partial charge in [-0.25, -0.2) is 4.98 Å². The van der Waals surface area contributed by atoms with Crippen molar-refractivity contribution in [2.75, 3.05) is 0 Å². The number of fused-ring (bicyclic) bond motifs is 5. The van der Waals surface area contributed by atoms with Gasteiger partial charge in [-0.1, -0.05) is 37.6 Å². The second-order valence-electron chi connectivity index (χ2n) is 5.31. The van der Waals surface area contributed by atoms with Gasteiger partial charge in [-0.3, -0.25) is 4.40 Å². The fraction of sp³-hybridized carbons (Fsp3) is 0.235. The van der Waals surface area contributed by atoms with Crippen molar-refractivity contribution in [2.45, 2.75) is 26.2 Å². The normalized spacial score (nSPS) is 11.8. The van der Waals surface area contributed by atoms with Gasteiger partial charge in [0.05, 0.1) is 0 Å². The Morgan fingerprint density at radius 2 is 2.05 bits per heavy atom. The number of nitrogens with one attached hydrogen (secondary N) is 1. The van der Waals surface area contributed by atoms with Crippen LogP contribution in [0.25, 0.3) is 27.7 Å². The Morgan fingerprint density at radius 3 is 2.95 bits per heavy atom. The highest BCUT2D eigenvalue weighted by atomic mass is 15.1. The Hall–Kier alpha value is -2.29. The molecular weight excluding hydrogens is 246 g/mol. The molecule has 0 spiro atoms. The van der Waals surface area contributed by atoms with E-state index in [0.29, 0.717) is 0 Å². The number of para-hydroxylation sites is 1. The molecule has 4 rings (SSSR count). The van der Waals surface area contributed by atoms with Crippen molar-refractivity contribution in [3.8, 4) is 0 Å². The van der Waals surface area contributed by atoms with Gasteiger partial charge in [0.15, 0.2) is 0 Å². The Morgan fingerprint density at radius 1 is 1.15 bits per heavy atom. The maximum absolute atomic E-state index is 4.89. The summed E-state index contributed by atoms with van der Waals surface area (Å²) in [6.45, 7) is 2.23. The maximum Gasteiger partial charge on any atom is 0.143 e. The molecule has 0 amide bonds. The van der Waals surface area contributed by atoms with Crippen LogP contribution in [-0.2, 0) is 6.42 Å². The summed E-state index contributed by atoms with van der Waals surface area (Å²) in [5.74, 6) is 0. The molecule has 0 aliphatic carbocycles. The largest absolute Gasteiger partial charge is 0.339 e. The van der Waals surface area contributed by atoms with Crippen LogP contribution < -0.4 is 0 Å². The Kier molecular flexibility index (Phi) is 2.52. The maximum atomic E-state index is 4.89. The number of aromatic nitrogens is 3. The summed E-state index contributed by atoms with van der Waals surface area (Å²) in [5.41, 5.74) is 5.75. The zero-order valence-electron chi connectivity index (χ0n) is 11.6. The minimum Gasteiger partial charge on any atom is -0.339 e. The number of benzene rings is 1. The van der Waals surface area contributed by atoms with Gasteiger partial charge in [0, 0.05) is 17.1 Å². The number of nitrogens with zero attached hydrogens (tertiary/aromatic N) is 2. The Labute approximate surface area is 117 Å². The molecule has 1 N–H and O–H groups in total. The first-order chi connectivity index (χ1) is 9.88. The van der Waals surface area contributed by atoms with Crippen molar-refractivity contribution in [1.82, 2.24) is 14.4 Å². The molecular formula is C17H17N3. The number of unbranched alkanes of at least 4 members (excludes halogenated alkanes) is 1. The lowest BCUT2D eigenvalue weighted by atomic mass is 10.1. The molecule has 1 aromatic carbocycles. The first kappa shape index (κ1) is 11.5. The summed E-state index contributed by atoms with van der Waals surface area (Å²) in [7, 11) is 0. The van der Waals surface area contributed by atoms with Crippen LogP contribution in [0.4, 0.5) is 0 Å². The zero-order chi connectivity index (χ0) is 13.5. The molecule has 0 radical (unpaired) electrons. The number of H-pyrrole nitrogens is 1. The van der Waals surface area contributed by atoms with Crippen molar-refractivity contribution >= 4 is 27.7 Å². The lowest BCUT2D eigenvalue weighted by Crippen LogP contribution is -1.92. The number of aromatic amines is 1. The van der Waals surface area contributed by atoms with Gasteiger partial charge in [-0.05, 0) is 30.5 Å².